The lowest BCUT2D eigenvalue weighted by Crippen LogP contribution is -2.17. The lowest BCUT2D eigenvalue weighted by Gasteiger charge is -2.08. The van der Waals surface area contributed by atoms with E-state index in [9.17, 15) is 4.79 Å². The van der Waals surface area contributed by atoms with Gasteiger partial charge in [0.2, 0.25) is 0 Å². The van der Waals surface area contributed by atoms with Gasteiger partial charge in [0.1, 0.15) is 6.61 Å². The largest absolute Gasteiger partial charge is 0.464 e. The second kappa shape index (κ2) is 3.45. The molecule has 0 atom stereocenters. The van der Waals surface area contributed by atoms with E-state index in [1.165, 1.54) is 0 Å². The zero-order valence-corrected chi connectivity index (χ0v) is 5.26. The summed E-state index contributed by atoms with van der Waals surface area (Å²) in [6, 6.07) is 0. The van der Waals surface area contributed by atoms with Crippen LogP contribution >= 0.6 is 0 Å². The van der Waals surface area contributed by atoms with Crippen LogP contribution in [0.2, 0.25) is 0 Å². The quantitative estimate of drug-likeness (QED) is 0.443. The van der Waals surface area contributed by atoms with Crippen molar-refractivity contribution in [1.82, 2.24) is 0 Å². The minimum Gasteiger partial charge on any atom is -0.464 e. The topological polar surface area (TPSA) is 35.5 Å². The first-order chi connectivity index (χ1) is 4.39. The first-order valence-corrected chi connectivity index (χ1v) is 3.13. The monoisotopic (exact) mass is 130 g/mol. The van der Waals surface area contributed by atoms with Gasteiger partial charge in [-0.3, -0.25) is 0 Å². The minimum atomic E-state index is -0.241. The van der Waals surface area contributed by atoms with Gasteiger partial charge in [0, 0.05) is 6.61 Å². The van der Waals surface area contributed by atoms with E-state index in [0.717, 1.165) is 12.8 Å². The molecule has 52 valence electrons. The zero-order chi connectivity index (χ0) is 6.53. The molecule has 1 fully saturated rings. The van der Waals surface area contributed by atoms with Crippen LogP contribution in [0.15, 0.2) is 0 Å². The molecule has 0 aliphatic carbocycles. The second-order valence-electron chi connectivity index (χ2n) is 1.98. The fourth-order valence-corrected chi connectivity index (χ4v) is 0.689. The van der Waals surface area contributed by atoms with Crippen molar-refractivity contribution in [2.45, 2.75) is 12.8 Å². The Labute approximate surface area is 53.9 Å². The molecule has 0 radical (unpaired) electrons. The average molecular weight is 130 g/mol. The van der Waals surface area contributed by atoms with Crippen molar-refractivity contribution in [3.8, 4) is 0 Å². The molecular formula is C6H10O3. The maximum absolute atomic E-state index is 10.5. The molecule has 0 bridgehead atoms. The van der Waals surface area contributed by atoms with Crippen molar-refractivity contribution in [3.63, 3.8) is 0 Å². The van der Waals surface area contributed by atoms with Crippen molar-refractivity contribution in [2.75, 3.05) is 19.8 Å². The van der Waals surface area contributed by atoms with Gasteiger partial charge in [0.25, 0.3) is 0 Å². The van der Waals surface area contributed by atoms with Crippen LogP contribution in [0.1, 0.15) is 12.8 Å². The third-order valence-electron chi connectivity index (χ3n) is 1.17. The normalized spacial score (nSPS) is 22.0. The molecule has 0 spiro atoms. The van der Waals surface area contributed by atoms with E-state index in [1.807, 2.05) is 0 Å². The number of hydrogen-bond donors (Lipinski definition) is 0. The summed E-state index contributed by atoms with van der Waals surface area (Å²) in [5, 5.41) is 0. The van der Waals surface area contributed by atoms with Gasteiger partial charge < -0.3 is 9.47 Å². The first-order valence-electron chi connectivity index (χ1n) is 3.13. The first kappa shape index (κ1) is 6.55. The van der Waals surface area contributed by atoms with Crippen molar-refractivity contribution in [3.05, 3.63) is 0 Å². The molecular weight excluding hydrogens is 120 g/mol. The molecule has 0 saturated carbocycles. The average Bonchev–Trinajstić information content (AvgIpc) is 1.79. The van der Waals surface area contributed by atoms with Crippen LogP contribution in [0.4, 0.5) is 0 Å². The van der Waals surface area contributed by atoms with E-state index >= 15 is 0 Å². The van der Waals surface area contributed by atoms with Gasteiger partial charge in [-0.1, -0.05) is 0 Å². The highest BCUT2D eigenvalue weighted by molar-refractivity contribution is 5.70. The van der Waals surface area contributed by atoms with Gasteiger partial charge in [0.05, 0.1) is 6.61 Å². The molecule has 0 aromatic rings. The maximum atomic E-state index is 10.5. The van der Waals surface area contributed by atoms with Crippen molar-refractivity contribution in [1.29, 1.82) is 0 Å². The van der Waals surface area contributed by atoms with Crippen molar-refractivity contribution < 1.29 is 14.3 Å². The fourth-order valence-electron chi connectivity index (χ4n) is 0.689. The highest BCUT2D eigenvalue weighted by Crippen LogP contribution is 1.96. The Bertz CT molecular complexity index is 90.5. The number of rotatable bonds is 0. The Kier molecular flexibility index (Phi) is 2.51. The van der Waals surface area contributed by atoms with E-state index in [4.69, 9.17) is 9.47 Å². The number of carbonyl (C=O) groups is 1. The maximum Gasteiger partial charge on any atom is 0.332 e. The summed E-state index contributed by atoms with van der Waals surface area (Å²) in [7, 11) is 0. The van der Waals surface area contributed by atoms with E-state index in [-0.39, 0.29) is 12.6 Å². The predicted molar refractivity (Wildman–Crippen MR) is 31.0 cm³/mol. The Hall–Kier alpha value is -0.570. The molecule has 0 aromatic heterocycles. The highest BCUT2D eigenvalue weighted by Gasteiger charge is 2.04. The Morgan fingerprint density at radius 1 is 1.22 bits per heavy atom. The van der Waals surface area contributed by atoms with Crippen LogP contribution in [0.25, 0.3) is 0 Å². The SMILES string of the molecule is O=C1COCCCCO1. The number of esters is 1. The van der Waals surface area contributed by atoms with Crippen LogP contribution in [-0.4, -0.2) is 25.8 Å². The highest BCUT2D eigenvalue weighted by atomic mass is 16.6. The van der Waals surface area contributed by atoms with Gasteiger partial charge in [-0.05, 0) is 12.8 Å². The van der Waals surface area contributed by atoms with E-state index in [2.05, 4.69) is 0 Å². The fraction of sp³-hybridized carbons (Fsp3) is 0.833. The van der Waals surface area contributed by atoms with Crippen molar-refractivity contribution in [2.24, 2.45) is 0 Å². The molecule has 1 heterocycles. The van der Waals surface area contributed by atoms with Crippen LogP contribution in [-0.2, 0) is 14.3 Å². The number of carbonyl (C=O) groups excluding carboxylic acids is 1. The molecule has 3 heteroatoms. The van der Waals surface area contributed by atoms with Crippen LogP contribution < -0.4 is 0 Å². The number of hydrogen-bond acceptors (Lipinski definition) is 3. The van der Waals surface area contributed by atoms with Crippen LogP contribution in [0.3, 0.4) is 0 Å². The van der Waals surface area contributed by atoms with Gasteiger partial charge in [-0.25, -0.2) is 4.79 Å². The van der Waals surface area contributed by atoms with Crippen molar-refractivity contribution >= 4 is 5.97 Å². The zero-order valence-electron chi connectivity index (χ0n) is 5.26. The Balaban J connectivity index is 2.20. The summed E-state index contributed by atoms with van der Waals surface area (Å²) in [6.45, 7) is 1.37. The molecule has 1 aliphatic heterocycles. The van der Waals surface area contributed by atoms with E-state index in [0.29, 0.717) is 13.2 Å². The molecule has 1 saturated heterocycles. The molecule has 9 heavy (non-hydrogen) atoms. The summed E-state index contributed by atoms with van der Waals surface area (Å²) in [5.74, 6) is -0.241. The molecule has 3 nitrogen and oxygen atoms in total. The lowest BCUT2D eigenvalue weighted by atomic mass is 10.3. The molecule has 0 unspecified atom stereocenters. The molecule has 0 amide bonds. The van der Waals surface area contributed by atoms with E-state index in [1.54, 1.807) is 0 Å². The van der Waals surface area contributed by atoms with Gasteiger partial charge in [0.15, 0.2) is 0 Å². The Morgan fingerprint density at radius 2 is 2.00 bits per heavy atom. The van der Waals surface area contributed by atoms with Crippen LogP contribution in [0.5, 0.6) is 0 Å². The van der Waals surface area contributed by atoms with E-state index < -0.39 is 0 Å². The predicted octanol–water partition coefficient (Wildman–Crippen LogP) is 0.340. The van der Waals surface area contributed by atoms with Gasteiger partial charge in [-0.2, -0.15) is 0 Å². The smallest absolute Gasteiger partial charge is 0.332 e. The summed E-state index contributed by atoms with van der Waals surface area (Å²) in [5.41, 5.74) is 0. The molecule has 1 aliphatic rings. The summed E-state index contributed by atoms with van der Waals surface area (Å²) in [4.78, 5) is 10.5. The number of ether oxygens (including phenoxy) is 2. The van der Waals surface area contributed by atoms with Gasteiger partial charge >= 0.3 is 5.97 Å². The Morgan fingerprint density at radius 3 is 2.89 bits per heavy atom. The molecule has 1 rings (SSSR count). The third-order valence-corrected chi connectivity index (χ3v) is 1.17. The molecule has 0 aromatic carbocycles. The summed E-state index contributed by atoms with van der Waals surface area (Å²) in [6.07, 6.45) is 1.92. The second-order valence-corrected chi connectivity index (χ2v) is 1.98. The summed E-state index contributed by atoms with van der Waals surface area (Å²) < 4.78 is 9.63. The summed E-state index contributed by atoms with van der Waals surface area (Å²) >= 11 is 0. The third kappa shape index (κ3) is 2.46. The van der Waals surface area contributed by atoms with Gasteiger partial charge in [-0.15, -0.1) is 0 Å². The van der Waals surface area contributed by atoms with Crippen LogP contribution in [0, 0.1) is 0 Å². The minimum absolute atomic E-state index is 0.125. The standard InChI is InChI=1S/C6H10O3/c7-6-5-8-3-1-2-4-9-6/h1-5H2. The number of cyclic esters (lactones) is 1. The lowest BCUT2D eigenvalue weighted by molar-refractivity contribution is -0.151. The molecule has 0 N–H and O–H groups in total.